The highest BCUT2D eigenvalue weighted by atomic mass is 16.5. The number of ether oxygens (including phenoxy) is 1. The SMILES string of the molecule is CCOc1cc(C)ccc1CNC(=NC)NCc1cccnc1N1CCN(C)CC1. The highest BCUT2D eigenvalue weighted by Gasteiger charge is 2.18. The van der Waals surface area contributed by atoms with Crippen molar-refractivity contribution < 1.29 is 4.74 Å². The van der Waals surface area contributed by atoms with Crippen LogP contribution in [0.4, 0.5) is 5.82 Å². The lowest BCUT2D eigenvalue weighted by Gasteiger charge is -2.34. The summed E-state index contributed by atoms with van der Waals surface area (Å²) in [5.41, 5.74) is 3.48. The van der Waals surface area contributed by atoms with Crippen LogP contribution in [0.5, 0.6) is 5.75 Å². The van der Waals surface area contributed by atoms with Gasteiger partial charge in [0.1, 0.15) is 11.6 Å². The lowest BCUT2D eigenvalue weighted by molar-refractivity contribution is 0.312. The van der Waals surface area contributed by atoms with E-state index in [4.69, 9.17) is 4.74 Å². The molecule has 1 aromatic heterocycles. The Bertz CT molecular complexity index is 845. The summed E-state index contributed by atoms with van der Waals surface area (Å²) in [6.45, 7) is 10.2. The number of pyridine rings is 1. The minimum atomic E-state index is 0.646. The van der Waals surface area contributed by atoms with E-state index < -0.39 is 0 Å². The van der Waals surface area contributed by atoms with Crippen molar-refractivity contribution in [3.8, 4) is 5.75 Å². The molecule has 1 saturated heterocycles. The minimum absolute atomic E-state index is 0.646. The second-order valence-electron chi connectivity index (χ2n) is 7.60. The van der Waals surface area contributed by atoms with Crippen molar-refractivity contribution in [3.63, 3.8) is 0 Å². The first-order valence-corrected chi connectivity index (χ1v) is 10.6. The van der Waals surface area contributed by atoms with E-state index >= 15 is 0 Å². The van der Waals surface area contributed by atoms with E-state index in [9.17, 15) is 0 Å². The highest BCUT2D eigenvalue weighted by Crippen LogP contribution is 2.21. The van der Waals surface area contributed by atoms with Gasteiger partial charge in [-0.25, -0.2) is 4.98 Å². The van der Waals surface area contributed by atoms with Crippen molar-refractivity contribution in [1.29, 1.82) is 0 Å². The van der Waals surface area contributed by atoms with E-state index in [-0.39, 0.29) is 0 Å². The molecule has 0 unspecified atom stereocenters. The molecule has 1 fully saturated rings. The molecular formula is C23H34N6O. The van der Waals surface area contributed by atoms with Crippen LogP contribution in [-0.4, -0.2) is 62.7 Å². The van der Waals surface area contributed by atoms with Crippen molar-refractivity contribution >= 4 is 11.8 Å². The Balaban J connectivity index is 1.60. The Morgan fingerprint density at radius 2 is 1.83 bits per heavy atom. The fraction of sp³-hybridized carbons (Fsp3) is 0.478. The molecule has 3 rings (SSSR count). The third-order valence-corrected chi connectivity index (χ3v) is 5.31. The highest BCUT2D eigenvalue weighted by molar-refractivity contribution is 5.79. The molecular weight excluding hydrogens is 376 g/mol. The zero-order chi connectivity index (χ0) is 21.3. The number of benzene rings is 1. The number of nitrogens with one attached hydrogen (secondary N) is 2. The summed E-state index contributed by atoms with van der Waals surface area (Å²) in [7, 11) is 3.96. The van der Waals surface area contributed by atoms with E-state index in [1.165, 1.54) is 11.1 Å². The van der Waals surface area contributed by atoms with Gasteiger partial charge in [-0.05, 0) is 38.6 Å². The predicted molar refractivity (Wildman–Crippen MR) is 123 cm³/mol. The number of anilines is 1. The van der Waals surface area contributed by atoms with Crippen LogP contribution in [0.2, 0.25) is 0 Å². The molecule has 2 aromatic rings. The Morgan fingerprint density at radius 3 is 2.53 bits per heavy atom. The Kier molecular flexibility index (Phi) is 7.90. The van der Waals surface area contributed by atoms with E-state index in [1.807, 2.05) is 19.2 Å². The Hall–Kier alpha value is -2.80. The number of guanidine groups is 1. The summed E-state index contributed by atoms with van der Waals surface area (Å²) >= 11 is 0. The van der Waals surface area contributed by atoms with Crippen LogP contribution in [0, 0.1) is 6.92 Å². The summed E-state index contributed by atoms with van der Waals surface area (Å²) in [6.07, 6.45) is 1.87. The van der Waals surface area contributed by atoms with Crippen LogP contribution in [0.25, 0.3) is 0 Å². The average Bonchev–Trinajstić information content (AvgIpc) is 2.76. The second kappa shape index (κ2) is 10.8. The van der Waals surface area contributed by atoms with Crippen molar-refractivity contribution in [3.05, 3.63) is 53.2 Å². The lowest BCUT2D eigenvalue weighted by atomic mass is 10.1. The van der Waals surface area contributed by atoms with Crippen molar-refractivity contribution in [1.82, 2.24) is 20.5 Å². The molecule has 0 radical (unpaired) electrons. The van der Waals surface area contributed by atoms with Gasteiger partial charge >= 0.3 is 0 Å². The lowest BCUT2D eigenvalue weighted by Crippen LogP contribution is -2.45. The van der Waals surface area contributed by atoms with Gasteiger partial charge in [0.05, 0.1) is 6.61 Å². The molecule has 0 saturated carbocycles. The maximum atomic E-state index is 5.79. The van der Waals surface area contributed by atoms with E-state index in [0.717, 1.165) is 49.3 Å². The van der Waals surface area contributed by atoms with Crippen LogP contribution in [-0.2, 0) is 13.1 Å². The van der Waals surface area contributed by atoms with E-state index in [0.29, 0.717) is 19.7 Å². The standard InChI is InChI=1S/C23H34N6O/c1-5-30-21-15-18(2)8-9-19(21)16-26-23(24-3)27-17-20-7-6-10-25-22(20)29-13-11-28(4)12-14-29/h6-10,15H,5,11-14,16-17H2,1-4H3,(H2,24,26,27). The number of aryl methyl sites for hydroxylation is 1. The second-order valence-corrected chi connectivity index (χ2v) is 7.60. The summed E-state index contributed by atoms with van der Waals surface area (Å²) in [5, 5.41) is 6.83. The first-order chi connectivity index (χ1) is 14.6. The summed E-state index contributed by atoms with van der Waals surface area (Å²) < 4.78 is 5.79. The molecule has 162 valence electrons. The monoisotopic (exact) mass is 410 g/mol. The third-order valence-electron chi connectivity index (χ3n) is 5.31. The topological polar surface area (TPSA) is 65.0 Å². The Morgan fingerprint density at radius 1 is 1.10 bits per heavy atom. The van der Waals surface area contributed by atoms with Crippen LogP contribution in [0.3, 0.4) is 0 Å². The number of nitrogens with zero attached hydrogens (tertiary/aromatic N) is 4. The van der Waals surface area contributed by atoms with Crippen LogP contribution in [0.1, 0.15) is 23.6 Å². The molecule has 1 aromatic carbocycles. The molecule has 1 aliphatic heterocycles. The van der Waals surface area contributed by atoms with E-state index in [2.05, 4.69) is 68.6 Å². The molecule has 30 heavy (non-hydrogen) atoms. The quantitative estimate of drug-likeness (QED) is 0.540. The largest absolute Gasteiger partial charge is 0.494 e. The minimum Gasteiger partial charge on any atom is -0.494 e. The molecule has 0 spiro atoms. The van der Waals surface area contributed by atoms with Gasteiger partial charge in [0.2, 0.25) is 0 Å². The maximum absolute atomic E-state index is 5.79. The smallest absolute Gasteiger partial charge is 0.191 e. The van der Waals surface area contributed by atoms with Crippen LogP contribution < -0.4 is 20.3 Å². The molecule has 0 amide bonds. The number of hydrogen-bond acceptors (Lipinski definition) is 5. The van der Waals surface area contributed by atoms with Crippen molar-refractivity contribution in [2.75, 3.05) is 51.8 Å². The molecule has 7 heteroatoms. The normalized spacial score (nSPS) is 15.2. The first-order valence-electron chi connectivity index (χ1n) is 10.6. The predicted octanol–water partition coefficient (Wildman–Crippen LogP) is 2.41. The van der Waals surface area contributed by atoms with Crippen LogP contribution >= 0.6 is 0 Å². The van der Waals surface area contributed by atoms with Gasteiger partial charge in [-0.3, -0.25) is 4.99 Å². The summed E-state index contributed by atoms with van der Waals surface area (Å²) in [4.78, 5) is 13.8. The van der Waals surface area contributed by atoms with Crippen molar-refractivity contribution in [2.24, 2.45) is 4.99 Å². The third kappa shape index (κ3) is 5.86. The molecule has 2 N–H and O–H groups in total. The van der Waals surface area contributed by atoms with Gasteiger partial charge < -0.3 is 25.2 Å². The fourth-order valence-electron chi connectivity index (χ4n) is 3.55. The summed E-state index contributed by atoms with van der Waals surface area (Å²) in [6, 6.07) is 10.4. The zero-order valence-corrected chi connectivity index (χ0v) is 18.6. The van der Waals surface area contributed by atoms with Gasteiger partial charge in [0.15, 0.2) is 5.96 Å². The number of piperazine rings is 1. The van der Waals surface area contributed by atoms with E-state index in [1.54, 1.807) is 7.05 Å². The number of aliphatic imine (C=N–C) groups is 1. The zero-order valence-electron chi connectivity index (χ0n) is 18.6. The molecule has 0 atom stereocenters. The van der Waals surface area contributed by atoms with Gasteiger partial charge in [0.25, 0.3) is 0 Å². The molecule has 7 nitrogen and oxygen atoms in total. The molecule has 0 bridgehead atoms. The number of rotatable bonds is 7. The number of aromatic nitrogens is 1. The van der Waals surface area contributed by atoms with Crippen molar-refractivity contribution in [2.45, 2.75) is 26.9 Å². The molecule has 0 aliphatic carbocycles. The molecule has 2 heterocycles. The molecule has 1 aliphatic rings. The average molecular weight is 411 g/mol. The Labute approximate surface area is 180 Å². The van der Waals surface area contributed by atoms with Gasteiger partial charge in [-0.2, -0.15) is 0 Å². The maximum Gasteiger partial charge on any atom is 0.191 e. The van der Waals surface area contributed by atoms with Crippen LogP contribution in [0.15, 0.2) is 41.5 Å². The van der Waals surface area contributed by atoms with Gasteiger partial charge in [-0.1, -0.05) is 18.2 Å². The number of likely N-dealkylation sites (N-methyl/N-ethyl adjacent to an activating group) is 1. The summed E-state index contributed by atoms with van der Waals surface area (Å²) in [5.74, 6) is 2.74. The van der Waals surface area contributed by atoms with Gasteiger partial charge in [0, 0.05) is 63.6 Å². The fourth-order valence-corrected chi connectivity index (χ4v) is 3.55. The number of hydrogen-bond donors (Lipinski definition) is 2. The van der Waals surface area contributed by atoms with Gasteiger partial charge in [-0.15, -0.1) is 0 Å². The first kappa shape index (κ1) is 21.9.